The van der Waals surface area contributed by atoms with Crippen LogP contribution in [0.5, 0.6) is 0 Å². The van der Waals surface area contributed by atoms with E-state index in [0.717, 1.165) is 44.5 Å². The maximum atomic E-state index is 12.6. The number of rotatable bonds is 3. The summed E-state index contributed by atoms with van der Waals surface area (Å²) in [5, 5.41) is 3.99. The van der Waals surface area contributed by atoms with Gasteiger partial charge >= 0.3 is 0 Å². The number of amides is 1. The standard InChI is InChI=1S/C14H20ClN3O/c1-17(11-4-6-16-7-5-11)14(19)13-8-10(15)9-18(13)12-2-3-12/h8-9,11-12,16H,2-7H2,1H3. The molecule has 0 bridgehead atoms. The van der Waals surface area contributed by atoms with Gasteiger partial charge in [0, 0.05) is 25.3 Å². The molecule has 2 heterocycles. The Morgan fingerprint density at radius 1 is 1.37 bits per heavy atom. The lowest BCUT2D eigenvalue weighted by atomic mass is 10.1. The molecule has 2 aliphatic rings. The van der Waals surface area contributed by atoms with E-state index < -0.39 is 0 Å². The number of halogens is 1. The zero-order valence-electron chi connectivity index (χ0n) is 11.2. The Hall–Kier alpha value is -1.00. The molecule has 19 heavy (non-hydrogen) atoms. The summed E-state index contributed by atoms with van der Waals surface area (Å²) in [4.78, 5) is 14.5. The van der Waals surface area contributed by atoms with E-state index in [1.807, 2.05) is 18.1 Å². The maximum absolute atomic E-state index is 12.6. The van der Waals surface area contributed by atoms with Gasteiger partial charge < -0.3 is 14.8 Å². The van der Waals surface area contributed by atoms with Gasteiger partial charge in [-0.05, 0) is 44.8 Å². The van der Waals surface area contributed by atoms with Crippen molar-refractivity contribution in [2.24, 2.45) is 0 Å². The average molecular weight is 282 g/mol. The first-order valence-electron chi connectivity index (χ1n) is 7.02. The molecule has 0 spiro atoms. The van der Waals surface area contributed by atoms with Gasteiger partial charge in [0.2, 0.25) is 0 Å². The van der Waals surface area contributed by atoms with Crippen LogP contribution in [-0.2, 0) is 0 Å². The molecule has 1 aliphatic heterocycles. The Morgan fingerprint density at radius 3 is 2.68 bits per heavy atom. The molecule has 1 aromatic heterocycles. The number of hydrogen-bond donors (Lipinski definition) is 1. The van der Waals surface area contributed by atoms with Crippen LogP contribution in [0.15, 0.2) is 12.3 Å². The summed E-state index contributed by atoms with van der Waals surface area (Å²) < 4.78 is 2.06. The Labute approximate surface area is 118 Å². The molecule has 0 atom stereocenters. The lowest BCUT2D eigenvalue weighted by Gasteiger charge is -2.31. The molecular formula is C14H20ClN3O. The minimum Gasteiger partial charge on any atom is -0.339 e. The summed E-state index contributed by atoms with van der Waals surface area (Å²) in [5.74, 6) is 0.103. The first-order chi connectivity index (χ1) is 9.16. The number of piperidine rings is 1. The predicted octanol–water partition coefficient (Wildman–Crippen LogP) is 2.30. The van der Waals surface area contributed by atoms with Crippen LogP contribution in [0.25, 0.3) is 0 Å². The number of nitrogens with zero attached hydrogens (tertiary/aromatic N) is 2. The molecule has 2 fully saturated rings. The number of aromatic nitrogens is 1. The van der Waals surface area contributed by atoms with Gasteiger partial charge in [-0.2, -0.15) is 0 Å². The molecule has 3 rings (SSSR count). The van der Waals surface area contributed by atoms with Gasteiger partial charge in [-0.1, -0.05) is 11.6 Å². The van der Waals surface area contributed by atoms with Crippen molar-refractivity contribution in [2.75, 3.05) is 20.1 Å². The van der Waals surface area contributed by atoms with Gasteiger partial charge in [0.05, 0.1) is 5.02 Å². The van der Waals surface area contributed by atoms with E-state index in [-0.39, 0.29) is 5.91 Å². The van der Waals surface area contributed by atoms with E-state index in [2.05, 4.69) is 9.88 Å². The zero-order valence-corrected chi connectivity index (χ0v) is 12.0. The van der Waals surface area contributed by atoms with Crippen LogP contribution < -0.4 is 5.32 Å². The lowest BCUT2D eigenvalue weighted by Crippen LogP contribution is -2.44. The molecule has 0 radical (unpaired) electrons. The summed E-state index contributed by atoms with van der Waals surface area (Å²) in [7, 11) is 1.91. The smallest absolute Gasteiger partial charge is 0.270 e. The van der Waals surface area contributed by atoms with E-state index in [4.69, 9.17) is 11.6 Å². The topological polar surface area (TPSA) is 37.3 Å². The van der Waals surface area contributed by atoms with Gasteiger partial charge in [-0.3, -0.25) is 4.79 Å². The zero-order chi connectivity index (χ0) is 13.4. The number of nitrogens with one attached hydrogen (secondary N) is 1. The molecule has 1 aliphatic carbocycles. The van der Waals surface area contributed by atoms with Gasteiger partial charge in [0.1, 0.15) is 5.69 Å². The van der Waals surface area contributed by atoms with Crippen molar-refractivity contribution in [1.29, 1.82) is 0 Å². The van der Waals surface area contributed by atoms with Gasteiger partial charge in [0.25, 0.3) is 5.91 Å². The third-order valence-corrected chi connectivity index (χ3v) is 4.36. The van der Waals surface area contributed by atoms with Crippen molar-refractivity contribution in [3.05, 3.63) is 23.0 Å². The van der Waals surface area contributed by atoms with Crippen LogP contribution in [0.3, 0.4) is 0 Å². The van der Waals surface area contributed by atoms with Gasteiger partial charge in [-0.25, -0.2) is 0 Å². The highest BCUT2D eigenvalue weighted by molar-refractivity contribution is 6.31. The molecule has 1 amide bonds. The molecule has 104 valence electrons. The fourth-order valence-electron chi connectivity index (χ4n) is 2.81. The molecule has 0 unspecified atom stereocenters. The quantitative estimate of drug-likeness (QED) is 0.923. The normalized spacial score (nSPS) is 20.5. The second kappa shape index (κ2) is 5.17. The van der Waals surface area contributed by atoms with Crippen LogP contribution in [0, 0.1) is 0 Å². The Morgan fingerprint density at radius 2 is 2.05 bits per heavy atom. The fourth-order valence-corrected chi connectivity index (χ4v) is 3.02. The van der Waals surface area contributed by atoms with E-state index in [9.17, 15) is 4.79 Å². The third-order valence-electron chi connectivity index (χ3n) is 4.15. The van der Waals surface area contributed by atoms with Crippen LogP contribution in [0.4, 0.5) is 0 Å². The molecule has 5 heteroatoms. The van der Waals surface area contributed by atoms with E-state index >= 15 is 0 Å². The SMILES string of the molecule is CN(C(=O)c1cc(Cl)cn1C1CC1)C1CCNCC1. The molecule has 0 aromatic carbocycles. The van der Waals surface area contributed by atoms with Crippen LogP contribution in [0.1, 0.15) is 42.2 Å². The van der Waals surface area contributed by atoms with E-state index in [0.29, 0.717) is 17.1 Å². The predicted molar refractivity (Wildman–Crippen MR) is 75.7 cm³/mol. The summed E-state index contributed by atoms with van der Waals surface area (Å²) in [6.45, 7) is 1.99. The third kappa shape index (κ3) is 2.65. The van der Waals surface area contributed by atoms with Crippen molar-refractivity contribution in [3.8, 4) is 0 Å². The molecule has 4 nitrogen and oxygen atoms in total. The number of carbonyl (C=O) groups excluding carboxylic acids is 1. The summed E-state index contributed by atoms with van der Waals surface area (Å²) >= 11 is 6.07. The maximum Gasteiger partial charge on any atom is 0.270 e. The van der Waals surface area contributed by atoms with E-state index in [1.165, 1.54) is 0 Å². The largest absolute Gasteiger partial charge is 0.339 e. The Bertz CT molecular complexity index is 475. The second-order valence-corrected chi connectivity index (χ2v) is 6.02. The van der Waals surface area contributed by atoms with Gasteiger partial charge in [0.15, 0.2) is 0 Å². The highest BCUT2D eigenvalue weighted by Crippen LogP contribution is 2.37. The Kier molecular flexibility index (Phi) is 3.54. The molecule has 1 N–H and O–H groups in total. The van der Waals surface area contributed by atoms with Crippen molar-refractivity contribution in [2.45, 2.75) is 37.8 Å². The second-order valence-electron chi connectivity index (χ2n) is 5.58. The Balaban J connectivity index is 1.78. The minimum absolute atomic E-state index is 0.103. The first kappa shape index (κ1) is 13.0. The summed E-state index contributed by atoms with van der Waals surface area (Å²) in [6.07, 6.45) is 6.26. The first-order valence-corrected chi connectivity index (χ1v) is 7.40. The van der Waals surface area contributed by atoms with Crippen LogP contribution in [0.2, 0.25) is 5.02 Å². The monoisotopic (exact) mass is 281 g/mol. The molecule has 1 saturated heterocycles. The summed E-state index contributed by atoms with van der Waals surface area (Å²) in [5.41, 5.74) is 0.744. The molecule has 1 aromatic rings. The highest BCUT2D eigenvalue weighted by atomic mass is 35.5. The van der Waals surface area contributed by atoms with Crippen LogP contribution >= 0.6 is 11.6 Å². The molecular weight excluding hydrogens is 262 g/mol. The van der Waals surface area contributed by atoms with Crippen molar-refractivity contribution in [1.82, 2.24) is 14.8 Å². The van der Waals surface area contributed by atoms with E-state index in [1.54, 1.807) is 6.07 Å². The summed E-state index contributed by atoms with van der Waals surface area (Å²) in [6, 6.07) is 2.63. The molecule has 1 saturated carbocycles. The van der Waals surface area contributed by atoms with Crippen LogP contribution in [-0.4, -0.2) is 41.6 Å². The van der Waals surface area contributed by atoms with Crippen molar-refractivity contribution >= 4 is 17.5 Å². The fraction of sp³-hybridized carbons (Fsp3) is 0.643. The van der Waals surface area contributed by atoms with Crippen molar-refractivity contribution in [3.63, 3.8) is 0 Å². The lowest BCUT2D eigenvalue weighted by molar-refractivity contribution is 0.0692. The number of carbonyl (C=O) groups is 1. The average Bonchev–Trinajstić information content (AvgIpc) is 3.21. The van der Waals surface area contributed by atoms with Crippen molar-refractivity contribution < 1.29 is 4.79 Å². The number of hydrogen-bond acceptors (Lipinski definition) is 2. The highest BCUT2D eigenvalue weighted by Gasteiger charge is 2.30. The minimum atomic E-state index is 0.103. The van der Waals surface area contributed by atoms with Gasteiger partial charge in [-0.15, -0.1) is 0 Å².